The van der Waals surface area contributed by atoms with E-state index < -0.39 is 17.8 Å². The minimum Gasteiger partial charge on any atom is -0.496 e. The van der Waals surface area contributed by atoms with Crippen LogP contribution in [0.3, 0.4) is 0 Å². The molecule has 1 atom stereocenters. The number of carbonyl (C=O) groups excluding carboxylic acids is 1. The van der Waals surface area contributed by atoms with E-state index in [1.807, 2.05) is 0 Å². The van der Waals surface area contributed by atoms with Crippen LogP contribution in [0, 0.1) is 5.82 Å². The molecule has 7 heteroatoms. The highest BCUT2D eigenvalue weighted by Crippen LogP contribution is 2.28. The van der Waals surface area contributed by atoms with Gasteiger partial charge in [-0.05, 0) is 25.1 Å². The summed E-state index contributed by atoms with van der Waals surface area (Å²) in [5.74, 6) is 0.590. The number of nitrogens with one attached hydrogen (secondary N) is 1. The predicted octanol–water partition coefficient (Wildman–Crippen LogP) is 3.90. The van der Waals surface area contributed by atoms with Crippen molar-refractivity contribution in [1.29, 1.82) is 0 Å². The number of carbonyl (C=O) groups is 1. The molecule has 2 aromatic carbocycles. The van der Waals surface area contributed by atoms with Gasteiger partial charge in [-0.2, -0.15) is 0 Å². The topological polar surface area (TPSA) is 56.8 Å². The average molecular weight is 354 g/mol. The van der Waals surface area contributed by atoms with Crippen LogP contribution in [0.4, 0.5) is 10.1 Å². The summed E-state index contributed by atoms with van der Waals surface area (Å²) < 4.78 is 28.9. The molecule has 0 aliphatic rings. The lowest BCUT2D eigenvalue weighted by atomic mass is 10.2. The van der Waals surface area contributed by atoms with Gasteiger partial charge in [0, 0.05) is 18.2 Å². The highest BCUT2D eigenvalue weighted by molar-refractivity contribution is 6.33. The Morgan fingerprint density at radius 1 is 1.08 bits per heavy atom. The number of rotatable bonds is 6. The molecule has 1 N–H and O–H groups in total. The Balaban J connectivity index is 2.08. The summed E-state index contributed by atoms with van der Waals surface area (Å²) in [6.45, 7) is 1.58. The zero-order valence-corrected chi connectivity index (χ0v) is 14.2. The third-order valence-corrected chi connectivity index (χ3v) is 3.51. The fourth-order valence-electron chi connectivity index (χ4n) is 1.93. The van der Waals surface area contributed by atoms with Crippen molar-refractivity contribution in [3.8, 4) is 17.2 Å². The Hall–Kier alpha value is -2.47. The summed E-state index contributed by atoms with van der Waals surface area (Å²) in [5, 5.41) is 2.70. The van der Waals surface area contributed by atoms with Crippen LogP contribution in [-0.2, 0) is 4.79 Å². The van der Waals surface area contributed by atoms with Crippen molar-refractivity contribution in [1.82, 2.24) is 0 Å². The summed E-state index contributed by atoms with van der Waals surface area (Å²) in [6, 6.07) is 8.68. The van der Waals surface area contributed by atoms with Crippen molar-refractivity contribution in [3.63, 3.8) is 0 Å². The average Bonchev–Trinajstić information content (AvgIpc) is 2.56. The predicted molar refractivity (Wildman–Crippen MR) is 89.7 cm³/mol. The number of anilines is 1. The van der Waals surface area contributed by atoms with E-state index in [4.69, 9.17) is 25.8 Å². The molecule has 0 bridgehead atoms. The van der Waals surface area contributed by atoms with Gasteiger partial charge in [-0.3, -0.25) is 4.79 Å². The van der Waals surface area contributed by atoms with E-state index in [-0.39, 0.29) is 5.02 Å². The SMILES string of the molecule is COc1cc(OC)cc(O[C@@H](C)C(=O)Nc2ccc(F)cc2Cl)c1. The van der Waals surface area contributed by atoms with Crippen LogP contribution in [0.2, 0.25) is 5.02 Å². The molecule has 0 aliphatic heterocycles. The zero-order chi connectivity index (χ0) is 17.7. The Bertz CT molecular complexity index is 716. The van der Waals surface area contributed by atoms with Crippen LogP contribution in [0.5, 0.6) is 17.2 Å². The van der Waals surface area contributed by atoms with Crippen LogP contribution in [0.25, 0.3) is 0 Å². The minimum absolute atomic E-state index is 0.110. The second-order valence-corrected chi connectivity index (χ2v) is 5.33. The van der Waals surface area contributed by atoms with Crippen molar-refractivity contribution in [2.75, 3.05) is 19.5 Å². The Kier molecular flexibility index (Phi) is 5.87. The van der Waals surface area contributed by atoms with Crippen molar-refractivity contribution in [2.24, 2.45) is 0 Å². The summed E-state index contributed by atoms with van der Waals surface area (Å²) in [6.07, 6.45) is -0.817. The van der Waals surface area contributed by atoms with Crippen LogP contribution < -0.4 is 19.5 Å². The minimum atomic E-state index is -0.817. The van der Waals surface area contributed by atoms with E-state index in [1.165, 1.54) is 26.4 Å². The lowest BCUT2D eigenvalue weighted by Crippen LogP contribution is -2.30. The van der Waals surface area contributed by atoms with Gasteiger partial charge < -0.3 is 19.5 Å². The Morgan fingerprint density at radius 3 is 2.21 bits per heavy atom. The van der Waals surface area contributed by atoms with Crippen LogP contribution >= 0.6 is 11.6 Å². The second-order valence-electron chi connectivity index (χ2n) is 4.92. The largest absolute Gasteiger partial charge is 0.496 e. The number of methoxy groups -OCH3 is 2. The van der Waals surface area contributed by atoms with Crippen molar-refractivity contribution < 1.29 is 23.4 Å². The molecule has 5 nitrogen and oxygen atoms in total. The molecule has 2 aromatic rings. The van der Waals surface area contributed by atoms with Gasteiger partial charge in [0.1, 0.15) is 23.1 Å². The molecule has 128 valence electrons. The first-order valence-electron chi connectivity index (χ1n) is 7.08. The molecule has 0 aliphatic carbocycles. The van der Waals surface area contributed by atoms with Crippen LogP contribution in [0.15, 0.2) is 36.4 Å². The first kappa shape index (κ1) is 17.9. The van der Waals surface area contributed by atoms with Gasteiger partial charge in [0.15, 0.2) is 6.10 Å². The highest BCUT2D eigenvalue weighted by Gasteiger charge is 2.17. The maximum absolute atomic E-state index is 13.0. The summed E-state index contributed by atoms with van der Waals surface area (Å²) >= 11 is 5.89. The molecular formula is C17H17ClFNO4. The third kappa shape index (κ3) is 4.52. The molecule has 0 radical (unpaired) electrons. The molecule has 1 amide bonds. The highest BCUT2D eigenvalue weighted by atomic mass is 35.5. The van der Waals surface area contributed by atoms with Crippen LogP contribution in [-0.4, -0.2) is 26.2 Å². The molecule has 24 heavy (non-hydrogen) atoms. The number of hydrogen-bond acceptors (Lipinski definition) is 4. The van der Waals surface area contributed by atoms with E-state index in [2.05, 4.69) is 5.32 Å². The van der Waals surface area contributed by atoms with E-state index in [9.17, 15) is 9.18 Å². The summed E-state index contributed by atoms with van der Waals surface area (Å²) in [7, 11) is 3.04. The smallest absolute Gasteiger partial charge is 0.265 e. The first-order chi connectivity index (χ1) is 11.4. The van der Waals surface area contributed by atoms with Gasteiger partial charge in [0.25, 0.3) is 5.91 Å². The molecule has 0 heterocycles. The number of amides is 1. The van der Waals surface area contributed by atoms with E-state index in [1.54, 1.807) is 25.1 Å². The van der Waals surface area contributed by atoms with Crippen molar-refractivity contribution in [3.05, 3.63) is 47.2 Å². The van der Waals surface area contributed by atoms with Crippen molar-refractivity contribution in [2.45, 2.75) is 13.0 Å². The quantitative estimate of drug-likeness (QED) is 0.855. The van der Waals surface area contributed by atoms with Gasteiger partial charge in [0.2, 0.25) is 0 Å². The molecule has 0 saturated heterocycles. The van der Waals surface area contributed by atoms with E-state index in [0.717, 1.165) is 6.07 Å². The number of halogens is 2. The van der Waals surface area contributed by atoms with Crippen molar-refractivity contribution >= 4 is 23.2 Å². The maximum Gasteiger partial charge on any atom is 0.265 e. The maximum atomic E-state index is 13.0. The number of hydrogen-bond donors (Lipinski definition) is 1. The van der Waals surface area contributed by atoms with Gasteiger partial charge >= 0.3 is 0 Å². The molecular weight excluding hydrogens is 337 g/mol. The molecule has 0 aromatic heterocycles. The molecule has 0 unspecified atom stereocenters. The standard InChI is InChI=1S/C17H17ClFNO4/c1-10(17(21)20-16-5-4-11(19)6-15(16)18)24-14-8-12(22-2)7-13(9-14)23-3/h4-10H,1-3H3,(H,20,21)/t10-/m0/s1. The van der Waals surface area contributed by atoms with Gasteiger partial charge in [-0.25, -0.2) is 4.39 Å². The van der Waals surface area contributed by atoms with Crippen LogP contribution in [0.1, 0.15) is 6.92 Å². The summed E-state index contributed by atoms with van der Waals surface area (Å²) in [5.41, 5.74) is 0.307. The molecule has 0 fully saturated rings. The monoisotopic (exact) mass is 353 g/mol. The fourth-order valence-corrected chi connectivity index (χ4v) is 2.15. The third-order valence-electron chi connectivity index (χ3n) is 3.20. The molecule has 0 saturated carbocycles. The number of ether oxygens (including phenoxy) is 3. The lowest BCUT2D eigenvalue weighted by molar-refractivity contribution is -0.122. The van der Waals surface area contributed by atoms with Gasteiger partial charge in [-0.1, -0.05) is 11.6 Å². The molecule has 2 rings (SSSR count). The van der Waals surface area contributed by atoms with Gasteiger partial charge in [0.05, 0.1) is 24.9 Å². The Labute approximate surface area is 144 Å². The molecule has 0 spiro atoms. The normalized spacial score (nSPS) is 11.5. The first-order valence-corrected chi connectivity index (χ1v) is 7.46. The lowest BCUT2D eigenvalue weighted by Gasteiger charge is -2.16. The summed E-state index contributed by atoms with van der Waals surface area (Å²) in [4.78, 5) is 12.2. The second kappa shape index (κ2) is 7.88. The zero-order valence-electron chi connectivity index (χ0n) is 13.4. The van der Waals surface area contributed by atoms with Gasteiger partial charge in [-0.15, -0.1) is 0 Å². The van der Waals surface area contributed by atoms with E-state index >= 15 is 0 Å². The number of benzene rings is 2. The fraction of sp³-hybridized carbons (Fsp3) is 0.235. The Morgan fingerprint density at radius 2 is 1.67 bits per heavy atom. The van der Waals surface area contributed by atoms with E-state index in [0.29, 0.717) is 22.9 Å².